The van der Waals surface area contributed by atoms with Crippen LogP contribution in [0.2, 0.25) is 0 Å². The Morgan fingerprint density at radius 3 is 2.40 bits per heavy atom. The number of benzene rings is 2. The van der Waals surface area contributed by atoms with Gasteiger partial charge in [-0.1, -0.05) is 22.0 Å². The van der Waals surface area contributed by atoms with E-state index in [9.17, 15) is 13.4 Å². The molecule has 104 valence electrons. The largest absolute Gasteiger partial charge is 0.289 e. The summed E-state index contributed by atoms with van der Waals surface area (Å²) in [7, 11) is -1.08. The number of hydrogen-bond donors (Lipinski definition) is 0. The van der Waals surface area contributed by atoms with E-state index in [1.54, 1.807) is 36.6 Å². The molecule has 0 radical (unpaired) electrons. The molecule has 2 aromatic rings. The minimum Gasteiger partial charge on any atom is -0.289 e. The predicted octanol–water partition coefficient (Wildman–Crippen LogP) is 3.69. The molecule has 0 saturated carbocycles. The maximum atomic E-state index is 13.3. The third-order valence-corrected chi connectivity index (χ3v) is 4.45. The molecule has 20 heavy (non-hydrogen) atoms. The van der Waals surface area contributed by atoms with Crippen LogP contribution in [0.3, 0.4) is 0 Å². The molecule has 0 aliphatic rings. The van der Waals surface area contributed by atoms with Gasteiger partial charge in [-0.2, -0.15) is 0 Å². The van der Waals surface area contributed by atoms with Crippen LogP contribution in [0, 0.1) is 5.82 Å². The van der Waals surface area contributed by atoms with E-state index in [0.29, 0.717) is 21.4 Å². The maximum Gasteiger partial charge on any atom is 0.193 e. The minimum absolute atomic E-state index is 0.243. The van der Waals surface area contributed by atoms with Crippen molar-refractivity contribution in [3.05, 3.63) is 65.0 Å². The fourth-order valence-electron chi connectivity index (χ4n) is 1.83. The second-order valence-electron chi connectivity index (χ2n) is 4.24. The minimum atomic E-state index is -1.08. The number of carbonyl (C=O) groups is 1. The molecule has 1 atom stereocenters. The predicted molar refractivity (Wildman–Crippen MR) is 81.2 cm³/mol. The molecule has 2 aromatic carbocycles. The van der Waals surface area contributed by atoms with Crippen molar-refractivity contribution < 1.29 is 13.4 Å². The molecule has 5 heteroatoms. The number of ketones is 1. The van der Waals surface area contributed by atoms with Gasteiger partial charge >= 0.3 is 0 Å². The molecule has 0 aromatic heterocycles. The van der Waals surface area contributed by atoms with E-state index in [-0.39, 0.29) is 5.78 Å². The molecule has 0 amide bonds. The molecule has 0 aliphatic carbocycles. The number of hydrogen-bond acceptors (Lipinski definition) is 2. The first kappa shape index (κ1) is 15.1. The van der Waals surface area contributed by atoms with Crippen LogP contribution in [0.25, 0.3) is 0 Å². The van der Waals surface area contributed by atoms with Crippen LogP contribution in [-0.4, -0.2) is 16.2 Å². The van der Waals surface area contributed by atoms with Gasteiger partial charge in [0.25, 0.3) is 0 Å². The standard InChI is InChI=1S/C15H12BrFO2S/c1-20(19)13-6-3-10(4-7-13)15(18)14-8-12(17)5-2-11(14)9-16/h2-8H,9H2,1H3. The number of halogens is 2. The Morgan fingerprint density at radius 1 is 1.20 bits per heavy atom. The van der Waals surface area contributed by atoms with Gasteiger partial charge in [0.15, 0.2) is 5.78 Å². The van der Waals surface area contributed by atoms with Crippen LogP contribution in [-0.2, 0) is 16.1 Å². The van der Waals surface area contributed by atoms with Gasteiger partial charge < -0.3 is 0 Å². The average Bonchev–Trinajstić information content (AvgIpc) is 2.46. The Balaban J connectivity index is 2.40. The van der Waals surface area contributed by atoms with Crippen molar-refractivity contribution in [2.24, 2.45) is 0 Å². The summed E-state index contributed by atoms with van der Waals surface area (Å²) in [6.07, 6.45) is 1.58. The van der Waals surface area contributed by atoms with Gasteiger partial charge in [0.1, 0.15) is 5.82 Å². The summed E-state index contributed by atoms with van der Waals surface area (Å²) < 4.78 is 24.6. The summed E-state index contributed by atoms with van der Waals surface area (Å²) >= 11 is 3.29. The third-order valence-electron chi connectivity index (χ3n) is 2.91. The van der Waals surface area contributed by atoms with Crippen molar-refractivity contribution in [2.45, 2.75) is 10.2 Å². The van der Waals surface area contributed by atoms with Crippen LogP contribution in [0.4, 0.5) is 4.39 Å². The molecule has 0 fully saturated rings. The highest BCUT2D eigenvalue weighted by molar-refractivity contribution is 9.08. The quantitative estimate of drug-likeness (QED) is 0.619. The number of alkyl halides is 1. The van der Waals surface area contributed by atoms with Gasteiger partial charge in [0.05, 0.1) is 0 Å². The van der Waals surface area contributed by atoms with E-state index in [2.05, 4.69) is 15.9 Å². The fourth-order valence-corrected chi connectivity index (χ4v) is 2.84. The molecule has 2 nitrogen and oxygen atoms in total. The highest BCUT2D eigenvalue weighted by atomic mass is 79.9. The zero-order chi connectivity index (χ0) is 14.7. The number of rotatable bonds is 4. The molecule has 0 bridgehead atoms. The lowest BCUT2D eigenvalue weighted by Crippen LogP contribution is -2.05. The van der Waals surface area contributed by atoms with E-state index in [0.717, 1.165) is 5.56 Å². The lowest BCUT2D eigenvalue weighted by atomic mass is 9.99. The Hall–Kier alpha value is -1.33. The first-order valence-electron chi connectivity index (χ1n) is 5.85. The summed E-state index contributed by atoms with van der Waals surface area (Å²) in [6.45, 7) is 0. The zero-order valence-electron chi connectivity index (χ0n) is 10.7. The zero-order valence-corrected chi connectivity index (χ0v) is 13.1. The van der Waals surface area contributed by atoms with Crippen molar-refractivity contribution in [1.82, 2.24) is 0 Å². The molecule has 2 rings (SSSR count). The fraction of sp³-hybridized carbons (Fsp3) is 0.133. The smallest absolute Gasteiger partial charge is 0.193 e. The van der Waals surface area contributed by atoms with Crippen LogP contribution in [0.1, 0.15) is 21.5 Å². The Labute approximate surface area is 127 Å². The molecule has 0 spiro atoms. The molecule has 1 unspecified atom stereocenters. The molecule has 0 aliphatic heterocycles. The van der Waals surface area contributed by atoms with Crippen molar-refractivity contribution in [2.75, 3.05) is 6.26 Å². The van der Waals surface area contributed by atoms with Crippen LogP contribution in [0.15, 0.2) is 47.4 Å². The highest BCUT2D eigenvalue weighted by Crippen LogP contribution is 2.19. The lowest BCUT2D eigenvalue weighted by molar-refractivity contribution is 0.103. The Kier molecular flexibility index (Phi) is 4.83. The molecule has 0 N–H and O–H groups in total. The van der Waals surface area contributed by atoms with Gasteiger partial charge in [0, 0.05) is 38.4 Å². The van der Waals surface area contributed by atoms with Crippen molar-refractivity contribution in [3.8, 4) is 0 Å². The van der Waals surface area contributed by atoms with E-state index in [1.165, 1.54) is 12.1 Å². The average molecular weight is 355 g/mol. The van der Waals surface area contributed by atoms with E-state index in [4.69, 9.17) is 0 Å². The van der Waals surface area contributed by atoms with Crippen molar-refractivity contribution in [3.63, 3.8) is 0 Å². The van der Waals surface area contributed by atoms with Gasteiger partial charge in [-0.15, -0.1) is 0 Å². The summed E-state index contributed by atoms with van der Waals surface area (Å²) in [6, 6.07) is 10.7. The Morgan fingerprint density at radius 2 is 1.85 bits per heavy atom. The van der Waals surface area contributed by atoms with Gasteiger partial charge in [0.2, 0.25) is 0 Å². The summed E-state index contributed by atoms with van der Waals surface area (Å²) in [5, 5.41) is 0.478. The lowest BCUT2D eigenvalue weighted by Gasteiger charge is -2.07. The summed E-state index contributed by atoms with van der Waals surface area (Å²) in [5.74, 6) is -0.684. The van der Waals surface area contributed by atoms with Crippen LogP contribution >= 0.6 is 15.9 Å². The summed E-state index contributed by atoms with van der Waals surface area (Å²) in [5.41, 5.74) is 1.53. The second kappa shape index (κ2) is 6.41. The molecular formula is C15H12BrFO2S. The molecule has 0 saturated heterocycles. The third kappa shape index (κ3) is 3.22. The molecule has 0 heterocycles. The normalized spacial score (nSPS) is 12.2. The van der Waals surface area contributed by atoms with Gasteiger partial charge in [-0.25, -0.2) is 4.39 Å². The SMILES string of the molecule is CS(=O)c1ccc(C(=O)c2cc(F)ccc2CBr)cc1. The van der Waals surface area contributed by atoms with Crippen LogP contribution < -0.4 is 0 Å². The second-order valence-corrected chi connectivity index (χ2v) is 6.18. The monoisotopic (exact) mass is 354 g/mol. The molecular weight excluding hydrogens is 343 g/mol. The van der Waals surface area contributed by atoms with Crippen LogP contribution in [0.5, 0.6) is 0 Å². The van der Waals surface area contributed by atoms with E-state index >= 15 is 0 Å². The summed E-state index contributed by atoms with van der Waals surface area (Å²) in [4.78, 5) is 13.1. The van der Waals surface area contributed by atoms with E-state index < -0.39 is 16.6 Å². The van der Waals surface area contributed by atoms with E-state index in [1.807, 2.05) is 0 Å². The Bertz CT molecular complexity index is 668. The first-order valence-corrected chi connectivity index (χ1v) is 8.53. The number of carbonyl (C=O) groups excluding carboxylic acids is 1. The first-order chi connectivity index (χ1) is 9.52. The van der Waals surface area contributed by atoms with Gasteiger partial charge in [-0.05, 0) is 42.0 Å². The highest BCUT2D eigenvalue weighted by Gasteiger charge is 2.14. The van der Waals surface area contributed by atoms with Crippen molar-refractivity contribution >= 4 is 32.5 Å². The topological polar surface area (TPSA) is 34.1 Å². The van der Waals surface area contributed by atoms with Gasteiger partial charge in [-0.3, -0.25) is 9.00 Å². The van der Waals surface area contributed by atoms with Crippen molar-refractivity contribution in [1.29, 1.82) is 0 Å². The maximum absolute atomic E-state index is 13.3.